The van der Waals surface area contributed by atoms with Crippen molar-refractivity contribution >= 4 is 18.7 Å². The molecular formula is C9H12ClNO2. The average molecular weight is 202 g/mol. The van der Waals surface area contributed by atoms with Crippen LogP contribution < -0.4 is 10.5 Å². The van der Waals surface area contributed by atoms with E-state index in [1.54, 1.807) is 12.1 Å². The van der Waals surface area contributed by atoms with Crippen molar-refractivity contribution in [3.63, 3.8) is 0 Å². The number of methoxy groups -OCH3 is 1. The highest BCUT2D eigenvalue weighted by Crippen LogP contribution is 2.21. The molecule has 0 aliphatic carbocycles. The molecule has 3 nitrogen and oxygen atoms in total. The molecule has 1 aromatic rings. The van der Waals surface area contributed by atoms with Crippen molar-refractivity contribution in [3.05, 3.63) is 29.3 Å². The van der Waals surface area contributed by atoms with Gasteiger partial charge in [-0.1, -0.05) is 12.1 Å². The number of halogens is 1. The molecule has 0 bridgehead atoms. The van der Waals surface area contributed by atoms with Crippen LogP contribution in [0.4, 0.5) is 0 Å². The van der Waals surface area contributed by atoms with E-state index in [9.17, 15) is 4.79 Å². The summed E-state index contributed by atoms with van der Waals surface area (Å²) in [7, 11) is 1.53. The maximum Gasteiger partial charge on any atom is 0.153 e. The largest absolute Gasteiger partial charge is 0.496 e. The lowest BCUT2D eigenvalue weighted by atomic mass is 10.1. The van der Waals surface area contributed by atoms with Gasteiger partial charge in [-0.15, -0.1) is 12.4 Å². The van der Waals surface area contributed by atoms with Crippen LogP contribution in [0.25, 0.3) is 0 Å². The van der Waals surface area contributed by atoms with Crippen LogP contribution in [0.1, 0.15) is 15.9 Å². The maximum absolute atomic E-state index is 10.5. The predicted octanol–water partition coefficient (Wildman–Crippen LogP) is 1.39. The number of benzene rings is 1. The van der Waals surface area contributed by atoms with E-state index in [1.807, 2.05) is 6.07 Å². The summed E-state index contributed by atoms with van der Waals surface area (Å²) < 4.78 is 5.05. The highest BCUT2D eigenvalue weighted by Gasteiger charge is 2.05. The molecule has 0 atom stereocenters. The van der Waals surface area contributed by atoms with Gasteiger partial charge in [0.05, 0.1) is 12.7 Å². The molecule has 0 aliphatic heterocycles. The van der Waals surface area contributed by atoms with Gasteiger partial charge in [0.15, 0.2) is 6.29 Å². The predicted molar refractivity (Wildman–Crippen MR) is 53.5 cm³/mol. The Bertz CT molecular complexity index is 289. The first kappa shape index (κ1) is 11.9. The Balaban J connectivity index is 0.00000144. The van der Waals surface area contributed by atoms with Gasteiger partial charge < -0.3 is 10.5 Å². The van der Waals surface area contributed by atoms with Gasteiger partial charge in [-0.25, -0.2) is 0 Å². The van der Waals surface area contributed by atoms with Gasteiger partial charge in [0.25, 0.3) is 0 Å². The minimum atomic E-state index is 0. The molecule has 4 heteroatoms. The summed E-state index contributed by atoms with van der Waals surface area (Å²) in [4.78, 5) is 10.5. The second kappa shape index (κ2) is 5.56. The first-order chi connectivity index (χ1) is 5.83. The molecule has 0 saturated carbocycles. The van der Waals surface area contributed by atoms with Crippen molar-refractivity contribution in [1.82, 2.24) is 0 Å². The smallest absolute Gasteiger partial charge is 0.153 e. The van der Waals surface area contributed by atoms with E-state index in [1.165, 1.54) is 7.11 Å². The Morgan fingerprint density at radius 3 is 2.69 bits per heavy atom. The lowest BCUT2D eigenvalue weighted by molar-refractivity contribution is 0.112. The van der Waals surface area contributed by atoms with Crippen molar-refractivity contribution in [2.45, 2.75) is 6.54 Å². The Morgan fingerprint density at radius 1 is 1.54 bits per heavy atom. The Morgan fingerprint density at radius 2 is 2.23 bits per heavy atom. The summed E-state index contributed by atoms with van der Waals surface area (Å²) in [6.45, 7) is 0.380. The maximum atomic E-state index is 10.5. The molecule has 0 saturated heterocycles. The molecule has 0 radical (unpaired) electrons. The molecule has 0 spiro atoms. The van der Waals surface area contributed by atoms with E-state index in [4.69, 9.17) is 10.5 Å². The molecule has 0 amide bonds. The van der Waals surface area contributed by atoms with E-state index < -0.39 is 0 Å². The molecule has 0 unspecified atom stereocenters. The van der Waals surface area contributed by atoms with Gasteiger partial charge in [-0.2, -0.15) is 0 Å². The number of rotatable bonds is 3. The quantitative estimate of drug-likeness (QED) is 0.752. The highest BCUT2D eigenvalue weighted by atomic mass is 35.5. The molecular weight excluding hydrogens is 190 g/mol. The third kappa shape index (κ3) is 2.44. The summed E-state index contributed by atoms with van der Waals surface area (Å²) >= 11 is 0. The second-order valence-electron chi connectivity index (χ2n) is 2.36. The van der Waals surface area contributed by atoms with Crippen molar-refractivity contribution in [2.75, 3.05) is 7.11 Å². The van der Waals surface area contributed by atoms with Gasteiger partial charge in [-0.3, -0.25) is 4.79 Å². The lowest BCUT2D eigenvalue weighted by Crippen LogP contribution is -2.01. The molecule has 2 N–H and O–H groups in total. The third-order valence-corrected chi connectivity index (χ3v) is 1.68. The van der Waals surface area contributed by atoms with Crippen molar-refractivity contribution in [2.24, 2.45) is 5.73 Å². The SMILES string of the molecule is COc1c(C=O)cccc1CN.Cl. The zero-order chi connectivity index (χ0) is 8.97. The minimum absolute atomic E-state index is 0. The van der Waals surface area contributed by atoms with Crippen LogP contribution in [0, 0.1) is 0 Å². The second-order valence-corrected chi connectivity index (χ2v) is 2.36. The van der Waals surface area contributed by atoms with Crippen LogP contribution in [0.15, 0.2) is 18.2 Å². The summed E-state index contributed by atoms with van der Waals surface area (Å²) in [5.41, 5.74) is 6.85. The number of nitrogens with two attached hydrogens (primary N) is 1. The standard InChI is InChI=1S/C9H11NO2.ClH/c1-12-9-7(5-10)3-2-4-8(9)6-11;/h2-4,6H,5,10H2,1H3;1H. The van der Waals surface area contributed by atoms with E-state index in [0.717, 1.165) is 11.8 Å². The molecule has 1 aromatic carbocycles. The Labute approximate surface area is 83.3 Å². The van der Waals surface area contributed by atoms with Gasteiger partial charge in [-0.05, 0) is 6.07 Å². The summed E-state index contributed by atoms with van der Waals surface area (Å²) in [5.74, 6) is 0.579. The number of para-hydroxylation sites is 1. The van der Waals surface area contributed by atoms with Gasteiger partial charge >= 0.3 is 0 Å². The van der Waals surface area contributed by atoms with Crippen molar-refractivity contribution in [3.8, 4) is 5.75 Å². The summed E-state index contributed by atoms with van der Waals surface area (Å²) in [5, 5.41) is 0. The van der Waals surface area contributed by atoms with E-state index in [2.05, 4.69) is 0 Å². The van der Waals surface area contributed by atoms with Gasteiger partial charge in [0.1, 0.15) is 5.75 Å². The fourth-order valence-corrected chi connectivity index (χ4v) is 1.11. The van der Waals surface area contributed by atoms with Crippen LogP contribution in [-0.2, 0) is 6.54 Å². The van der Waals surface area contributed by atoms with Crippen LogP contribution in [0.2, 0.25) is 0 Å². The normalized spacial score (nSPS) is 8.77. The number of carbonyl (C=O) groups excluding carboxylic acids is 1. The monoisotopic (exact) mass is 201 g/mol. The number of hydrogen-bond donors (Lipinski definition) is 1. The zero-order valence-electron chi connectivity index (χ0n) is 7.32. The third-order valence-electron chi connectivity index (χ3n) is 1.68. The fraction of sp³-hybridized carbons (Fsp3) is 0.222. The number of hydrogen-bond acceptors (Lipinski definition) is 3. The molecule has 0 heterocycles. The topological polar surface area (TPSA) is 52.3 Å². The Kier molecular flexibility index (Phi) is 5.11. The van der Waals surface area contributed by atoms with E-state index in [-0.39, 0.29) is 12.4 Å². The van der Waals surface area contributed by atoms with Crippen LogP contribution in [0.5, 0.6) is 5.75 Å². The molecule has 0 aliphatic rings. The summed E-state index contributed by atoms with van der Waals surface area (Å²) in [6.07, 6.45) is 0.762. The fourth-order valence-electron chi connectivity index (χ4n) is 1.11. The van der Waals surface area contributed by atoms with Crippen LogP contribution in [-0.4, -0.2) is 13.4 Å². The summed E-state index contributed by atoms with van der Waals surface area (Å²) in [6, 6.07) is 5.32. The van der Waals surface area contributed by atoms with E-state index in [0.29, 0.717) is 17.9 Å². The molecule has 0 fully saturated rings. The Hall–Kier alpha value is -1.06. The van der Waals surface area contributed by atoms with Gasteiger partial charge in [0.2, 0.25) is 0 Å². The van der Waals surface area contributed by atoms with Crippen molar-refractivity contribution in [1.29, 1.82) is 0 Å². The molecule has 13 heavy (non-hydrogen) atoms. The first-order valence-corrected chi connectivity index (χ1v) is 3.64. The number of ether oxygens (including phenoxy) is 1. The lowest BCUT2D eigenvalue weighted by Gasteiger charge is -2.07. The zero-order valence-corrected chi connectivity index (χ0v) is 8.14. The number of aldehydes is 1. The van der Waals surface area contributed by atoms with Crippen molar-refractivity contribution < 1.29 is 9.53 Å². The van der Waals surface area contributed by atoms with Crippen LogP contribution in [0.3, 0.4) is 0 Å². The number of carbonyl (C=O) groups is 1. The molecule has 72 valence electrons. The van der Waals surface area contributed by atoms with E-state index >= 15 is 0 Å². The minimum Gasteiger partial charge on any atom is -0.496 e. The molecule has 1 rings (SSSR count). The first-order valence-electron chi connectivity index (χ1n) is 3.64. The van der Waals surface area contributed by atoms with Gasteiger partial charge in [0, 0.05) is 12.1 Å². The average Bonchev–Trinajstić information content (AvgIpc) is 2.16. The highest BCUT2D eigenvalue weighted by molar-refractivity contribution is 5.85. The molecule has 0 aromatic heterocycles. The van der Waals surface area contributed by atoms with Crippen LogP contribution >= 0.6 is 12.4 Å².